The SMILES string of the molecule is CC1=C(C(=O)OC2=CC(Cl)=C(OC(F)(F)F)CC2O)C(=NNC(N)=O)c2ccccc21. The molecular weight excluding hydrogens is 443 g/mol. The van der Waals surface area contributed by atoms with E-state index in [1.165, 1.54) is 0 Å². The minimum atomic E-state index is -4.99. The van der Waals surface area contributed by atoms with E-state index in [0.717, 1.165) is 6.08 Å². The number of alkyl halides is 3. The van der Waals surface area contributed by atoms with Crippen molar-refractivity contribution in [1.82, 2.24) is 5.43 Å². The van der Waals surface area contributed by atoms with E-state index in [9.17, 15) is 27.9 Å². The number of carbonyl (C=O) groups is 2. The number of nitrogens with zero attached hydrogens (tertiary/aromatic N) is 1. The molecule has 1 aromatic carbocycles. The number of rotatable bonds is 4. The van der Waals surface area contributed by atoms with Crippen LogP contribution in [0.1, 0.15) is 24.5 Å². The minimum Gasteiger partial charge on any atom is -0.425 e. The van der Waals surface area contributed by atoms with Crippen molar-refractivity contribution in [2.45, 2.75) is 25.8 Å². The summed E-state index contributed by atoms with van der Waals surface area (Å²) in [5, 5.41) is 13.5. The number of urea groups is 1. The molecule has 12 heteroatoms. The molecule has 0 radical (unpaired) electrons. The van der Waals surface area contributed by atoms with Gasteiger partial charge in [0.2, 0.25) is 0 Å². The summed E-state index contributed by atoms with van der Waals surface area (Å²) < 4.78 is 46.3. The lowest BCUT2D eigenvalue weighted by Crippen LogP contribution is -2.28. The number of nitrogens with two attached hydrogens (primary N) is 1. The van der Waals surface area contributed by atoms with Gasteiger partial charge in [0, 0.05) is 18.1 Å². The maximum absolute atomic E-state index is 12.9. The minimum absolute atomic E-state index is 0.0273. The number of carbonyl (C=O) groups excluding carboxylic acids is 2. The highest BCUT2D eigenvalue weighted by Crippen LogP contribution is 2.36. The molecule has 0 aromatic heterocycles. The number of allylic oxidation sites excluding steroid dienone is 3. The standard InChI is InChI=1S/C19H15ClF3N3O5/c1-8-9-4-2-3-5-10(9)16(25-26-18(24)29)15(8)17(28)30-14-6-11(20)13(7-12(14)27)31-19(21,22)23/h2-6,12,27H,7H2,1H3,(H3,24,26,29). The lowest BCUT2D eigenvalue weighted by atomic mass is 10.1. The van der Waals surface area contributed by atoms with Crippen LogP contribution in [0.3, 0.4) is 0 Å². The molecule has 31 heavy (non-hydrogen) atoms. The predicted octanol–water partition coefficient (Wildman–Crippen LogP) is 3.02. The molecule has 0 bridgehead atoms. The molecular formula is C19H15ClF3N3O5. The Morgan fingerprint density at radius 3 is 2.55 bits per heavy atom. The molecule has 1 unspecified atom stereocenters. The van der Waals surface area contributed by atoms with Crippen molar-refractivity contribution in [3.8, 4) is 0 Å². The van der Waals surface area contributed by atoms with Crippen molar-refractivity contribution in [3.63, 3.8) is 0 Å². The fourth-order valence-electron chi connectivity index (χ4n) is 3.10. The molecule has 2 aliphatic rings. The molecule has 3 rings (SSSR count). The Balaban J connectivity index is 1.92. The zero-order chi connectivity index (χ0) is 22.9. The first-order chi connectivity index (χ1) is 14.5. The molecule has 1 atom stereocenters. The second-order valence-electron chi connectivity index (χ2n) is 6.46. The van der Waals surface area contributed by atoms with Crippen LogP contribution in [-0.2, 0) is 14.3 Å². The summed E-state index contributed by atoms with van der Waals surface area (Å²) in [5.74, 6) is -2.05. The summed E-state index contributed by atoms with van der Waals surface area (Å²) in [6.45, 7) is 1.62. The Labute approximate surface area is 178 Å². The number of ether oxygens (including phenoxy) is 2. The van der Waals surface area contributed by atoms with Crippen LogP contribution in [0.2, 0.25) is 0 Å². The maximum atomic E-state index is 12.9. The lowest BCUT2D eigenvalue weighted by Gasteiger charge is -2.23. The average Bonchev–Trinajstić information content (AvgIpc) is 2.95. The topological polar surface area (TPSA) is 123 Å². The zero-order valence-corrected chi connectivity index (χ0v) is 16.5. The van der Waals surface area contributed by atoms with Gasteiger partial charge in [-0.1, -0.05) is 35.9 Å². The number of hydrazone groups is 1. The van der Waals surface area contributed by atoms with E-state index >= 15 is 0 Å². The number of hydrogen-bond acceptors (Lipinski definition) is 6. The normalized spacial score (nSPS) is 19.9. The van der Waals surface area contributed by atoms with Crippen molar-refractivity contribution < 1.29 is 37.3 Å². The summed E-state index contributed by atoms with van der Waals surface area (Å²) >= 11 is 5.79. The molecule has 8 nitrogen and oxygen atoms in total. The number of aliphatic hydroxyl groups is 1. The quantitative estimate of drug-likeness (QED) is 0.473. The number of halogens is 4. The fraction of sp³-hybridized carbons (Fsp3) is 0.211. The molecule has 0 saturated carbocycles. The second-order valence-corrected chi connectivity index (χ2v) is 6.86. The molecule has 0 heterocycles. The van der Waals surface area contributed by atoms with Gasteiger partial charge in [-0.25, -0.2) is 15.0 Å². The molecule has 164 valence electrons. The van der Waals surface area contributed by atoms with Crippen molar-refractivity contribution in [3.05, 3.63) is 63.6 Å². The number of benzene rings is 1. The highest BCUT2D eigenvalue weighted by molar-refractivity contribution is 6.35. The number of hydrogen-bond donors (Lipinski definition) is 3. The van der Waals surface area contributed by atoms with E-state index in [1.807, 2.05) is 5.43 Å². The van der Waals surface area contributed by atoms with Gasteiger partial charge in [-0.05, 0) is 18.1 Å². The first-order valence-electron chi connectivity index (χ1n) is 8.68. The van der Waals surface area contributed by atoms with E-state index < -0.39 is 41.7 Å². The second kappa shape index (κ2) is 8.44. The molecule has 0 fully saturated rings. The molecule has 4 N–H and O–H groups in total. The van der Waals surface area contributed by atoms with Gasteiger partial charge in [-0.2, -0.15) is 5.10 Å². The van der Waals surface area contributed by atoms with Crippen molar-refractivity contribution in [2.75, 3.05) is 0 Å². The van der Waals surface area contributed by atoms with Gasteiger partial charge in [-0.15, -0.1) is 13.2 Å². The Morgan fingerprint density at radius 2 is 1.94 bits per heavy atom. The van der Waals surface area contributed by atoms with Crippen LogP contribution in [0.4, 0.5) is 18.0 Å². The molecule has 0 saturated heterocycles. The highest BCUT2D eigenvalue weighted by atomic mass is 35.5. The third kappa shape index (κ3) is 4.89. The van der Waals surface area contributed by atoms with Gasteiger partial charge in [0.25, 0.3) is 0 Å². The third-order valence-corrected chi connectivity index (χ3v) is 4.69. The van der Waals surface area contributed by atoms with Gasteiger partial charge in [0.15, 0.2) is 0 Å². The van der Waals surface area contributed by atoms with Crippen LogP contribution < -0.4 is 11.2 Å². The molecule has 2 aliphatic carbocycles. The van der Waals surface area contributed by atoms with E-state index in [-0.39, 0.29) is 17.0 Å². The van der Waals surface area contributed by atoms with Crippen LogP contribution in [0.15, 0.2) is 57.6 Å². The van der Waals surface area contributed by atoms with Crippen LogP contribution >= 0.6 is 11.6 Å². The molecule has 2 amide bonds. The summed E-state index contributed by atoms with van der Waals surface area (Å²) in [5.41, 5.74) is 8.79. The van der Waals surface area contributed by atoms with E-state index in [1.54, 1.807) is 31.2 Å². The van der Waals surface area contributed by atoms with Crippen LogP contribution in [-0.4, -0.2) is 35.3 Å². The first kappa shape index (κ1) is 22.4. The molecule has 0 spiro atoms. The number of aliphatic hydroxyl groups excluding tert-OH is 1. The number of esters is 1. The maximum Gasteiger partial charge on any atom is 0.572 e. The summed E-state index contributed by atoms with van der Waals surface area (Å²) in [4.78, 5) is 24.0. The van der Waals surface area contributed by atoms with E-state index in [4.69, 9.17) is 22.1 Å². The summed E-state index contributed by atoms with van der Waals surface area (Å²) in [6, 6.07) is 5.85. The average molecular weight is 458 g/mol. The zero-order valence-electron chi connectivity index (χ0n) is 15.8. The van der Waals surface area contributed by atoms with Crippen molar-refractivity contribution >= 4 is 34.9 Å². The van der Waals surface area contributed by atoms with E-state index in [0.29, 0.717) is 16.7 Å². The summed E-state index contributed by atoms with van der Waals surface area (Å²) in [7, 11) is 0. The van der Waals surface area contributed by atoms with Gasteiger partial charge in [0.05, 0.1) is 10.6 Å². The largest absolute Gasteiger partial charge is 0.572 e. The molecule has 1 aromatic rings. The van der Waals surface area contributed by atoms with Gasteiger partial charge >= 0.3 is 18.4 Å². The Hall–Kier alpha value is -3.31. The van der Waals surface area contributed by atoms with Gasteiger partial charge in [-0.3, -0.25) is 0 Å². The lowest BCUT2D eigenvalue weighted by molar-refractivity contribution is -0.307. The highest BCUT2D eigenvalue weighted by Gasteiger charge is 2.37. The number of nitrogens with one attached hydrogen (secondary N) is 1. The Kier molecular flexibility index (Phi) is 6.09. The monoisotopic (exact) mass is 457 g/mol. The first-order valence-corrected chi connectivity index (χ1v) is 9.06. The summed E-state index contributed by atoms with van der Waals surface area (Å²) in [6.07, 6.45) is -6.39. The van der Waals surface area contributed by atoms with Crippen LogP contribution in [0.5, 0.6) is 0 Å². The number of amides is 2. The van der Waals surface area contributed by atoms with Gasteiger partial charge < -0.3 is 20.3 Å². The van der Waals surface area contributed by atoms with E-state index in [2.05, 4.69) is 9.84 Å². The van der Waals surface area contributed by atoms with Gasteiger partial charge in [0.1, 0.15) is 23.3 Å². The van der Waals surface area contributed by atoms with Crippen LogP contribution in [0, 0.1) is 0 Å². The smallest absolute Gasteiger partial charge is 0.425 e. The van der Waals surface area contributed by atoms with Crippen molar-refractivity contribution in [1.29, 1.82) is 0 Å². The Bertz CT molecular complexity index is 1080. The fourth-order valence-corrected chi connectivity index (χ4v) is 3.32. The molecule has 0 aliphatic heterocycles. The Morgan fingerprint density at radius 1 is 1.29 bits per heavy atom. The number of fused-ring (bicyclic) bond motifs is 1. The predicted molar refractivity (Wildman–Crippen MR) is 103 cm³/mol. The van der Waals surface area contributed by atoms with Crippen LogP contribution in [0.25, 0.3) is 5.57 Å². The number of primary amides is 1. The third-order valence-electron chi connectivity index (χ3n) is 4.37. The van der Waals surface area contributed by atoms with Crippen molar-refractivity contribution in [2.24, 2.45) is 10.8 Å².